The first-order chi connectivity index (χ1) is 20.7. The van der Waals surface area contributed by atoms with Crippen LogP contribution in [0.15, 0.2) is 82.6 Å². The molecule has 3 heterocycles. The van der Waals surface area contributed by atoms with Crippen LogP contribution in [0.5, 0.6) is 5.75 Å². The SMILES string of the molecule is COc1ccccc1[C@@H]1c2sc(=O)n(CC(=O)Nc3ccccc3C)c2S[C@H]2C(=O)N(c3ccc([N+](=O)[O-])cc3)C(=O)[C@@H]12. The number of aromatic nitrogens is 1. The highest BCUT2D eigenvalue weighted by molar-refractivity contribution is 8.00. The second kappa shape index (κ2) is 11.2. The van der Waals surface area contributed by atoms with Crippen LogP contribution in [0.2, 0.25) is 0 Å². The van der Waals surface area contributed by atoms with Gasteiger partial charge in [-0.2, -0.15) is 0 Å². The number of nitrogens with one attached hydrogen (secondary N) is 1. The molecule has 0 bridgehead atoms. The van der Waals surface area contributed by atoms with Crippen molar-refractivity contribution in [3.05, 3.63) is 109 Å². The summed E-state index contributed by atoms with van der Waals surface area (Å²) in [7, 11) is 1.50. The number of ether oxygens (including phenoxy) is 1. The van der Waals surface area contributed by atoms with E-state index in [9.17, 15) is 29.3 Å². The van der Waals surface area contributed by atoms with Gasteiger partial charge in [-0.25, -0.2) is 4.90 Å². The fourth-order valence-corrected chi connectivity index (χ4v) is 8.30. The summed E-state index contributed by atoms with van der Waals surface area (Å²) >= 11 is 2.03. The molecule has 1 N–H and O–H groups in total. The van der Waals surface area contributed by atoms with Gasteiger partial charge in [0.05, 0.1) is 28.7 Å². The second-order valence-corrected chi connectivity index (χ2v) is 12.2. The van der Waals surface area contributed by atoms with Crippen LogP contribution in [-0.2, 0) is 20.9 Å². The molecule has 3 aromatic carbocycles. The number of para-hydroxylation sites is 2. The molecule has 218 valence electrons. The fourth-order valence-electron chi connectivity index (χ4n) is 5.54. The van der Waals surface area contributed by atoms with Gasteiger partial charge in [-0.15, -0.1) is 0 Å². The van der Waals surface area contributed by atoms with Crippen LogP contribution in [0.1, 0.15) is 21.9 Å². The molecule has 13 heteroatoms. The van der Waals surface area contributed by atoms with Crippen molar-refractivity contribution < 1.29 is 24.0 Å². The van der Waals surface area contributed by atoms with Crippen molar-refractivity contribution in [1.82, 2.24) is 4.57 Å². The molecule has 3 amide bonds. The molecule has 4 aromatic rings. The molecular formula is C30H24N4O7S2. The van der Waals surface area contributed by atoms with E-state index < -0.39 is 39.7 Å². The van der Waals surface area contributed by atoms with E-state index in [4.69, 9.17) is 4.74 Å². The fraction of sp³-hybridized carbons (Fsp3) is 0.200. The van der Waals surface area contributed by atoms with Crippen LogP contribution < -0.4 is 19.8 Å². The predicted octanol–water partition coefficient (Wildman–Crippen LogP) is 4.57. The Bertz CT molecular complexity index is 1850. The molecule has 11 nitrogen and oxygen atoms in total. The van der Waals surface area contributed by atoms with Gasteiger partial charge in [-0.3, -0.25) is 33.9 Å². The number of nitrogens with zero attached hydrogens (tertiary/aromatic N) is 3. The number of rotatable bonds is 7. The Kier molecular flexibility index (Phi) is 7.36. The molecule has 0 unspecified atom stereocenters. The number of non-ortho nitro benzene ring substituents is 1. The van der Waals surface area contributed by atoms with Gasteiger partial charge in [0.1, 0.15) is 17.5 Å². The van der Waals surface area contributed by atoms with E-state index in [1.807, 2.05) is 19.1 Å². The number of hydrogen-bond acceptors (Lipinski definition) is 9. The van der Waals surface area contributed by atoms with Crippen LogP contribution >= 0.6 is 23.1 Å². The maximum absolute atomic E-state index is 14.0. The van der Waals surface area contributed by atoms with Crippen LogP contribution in [0.25, 0.3) is 0 Å². The zero-order valence-corrected chi connectivity index (χ0v) is 24.5. The first-order valence-corrected chi connectivity index (χ1v) is 14.9. The Labute approximate surface area is 253 Å². The van der Waals surface area contributed by atoms with Crippen LogP contribution in [0.3, 0.4) is 0 Å². The van der Waals surface area contributed by atoms with Crippen molar-refractivity contribution in [2.45, 2.75) is 29.7 Å². The van der Waals surface area contributed by atoms with Crippen molar-refractivity contribution in [3.63, 3.8) is 0 Å². The highest BCUT2D eigenvalue weighted by Crippen LogP contribution is 2.55. The number of thioether (sulfide) groups is 1. The van der Waals surface area contributed by atoms with E-state index in [1.165, 1.54) is 35.9 Å². The molecule has 0 aliphatic carbocycles. The number of imide groups is 1. The average Bonchev–Trinajstić information content (AvgIpc) is 3.44. The quantitative estimate of drug-likeness (QED) is 0.181. The first-order valence-electron chi connectivity index (χ1n) is 13.2. The Balaban J connectivity index is 1.43. The lowest BCUT2D eigenvalue weighted by Crippen LogP contribution is -2.33. The lowest BCUT2D eigenvalue weighted by molar-refractivity contribution is -0.384. The number of benzene rings is 3. The zero-order valence-electron chi connectivity index (χ0n) is 22.9. The van der Waals surface area contributed by atoms with Crippen molar-refractivity contribution in [3.8, 4) is 5.75 Å². The summed E-state index contributed by atoms with van der Waals surface area (Å²) in [5, 5.41) is 13.5. The monoisotopic (exact) mass is 616 g/mol. The number of carbonyl (C=O) groups excluding carboxylic acids is 3. The van der Waals surface area contributed by atoms with Gasteiger partial charge in [-0.05, 0) is 36.8 Å². The van der Waals surface area contributed by atoms with E-state index >= 15 is 0 Å². The summed E-state index contributed by atoms with van der Waals surface area (Å²) in [5.74, 6) is -2.51. The molecule has 6 rings (SSSR count). The Morgan fingerprint density at radius 2 is 1.70 bits per heavy atom. The Hall–Kier alpha value is -4.75. The molecule has 0 saturated carbocycles. The highest BCUT2D eigenvalue weighted by Gasteiger charge is 2.57. The van der Waals surface area contributed by atoms with E-state index in [1.54, 1.807) is 36.4 Å². The Morgan fingerprint density at radius 3 is 2.40 bits per heavy atom. The molecule has 0 radical (unpaired) electrons. The maximum atomic E-state index is 14.0. The number of thiazole rings is 1. The van der Waals surface area contributed by atoms with Gasteiger partial charge < -0.3 is 10.1 Å². The second-order valence-electron chi connectivity index (χ2n) is 10.1. The number of amides is 3. The standard InChI is InChI=1S/C30H24N4O7S2/c1-16-7-3-5-9-20(16)31-22(35)15-32-29-26(43-30(32)38)23(19-8-4-6-10-21(19)41-2)24-25(42-29)28(37)33(27(24)36)17-11-13-18(14-12-17)34(39)40/h3-14,23-25H,15H2,1-2H3,(H,31,35)/t23-,24-,25+/m0/s1. The summed E-state index contributed by atoms with van der Waals surface area (Å²) in [6.07, 6.45) is 0. The van der Waals surface area contributed by atoms with Crippen molar-refractivity contribution in [1.29, 1.82) is 0 Å². The number of hydrogen-bond donors (Lipinski definition) is 1. The topological polar surface area (TPSA) is 141 Å². The number of methoxy groups -OCH3 is 1. The maximum Gasteiger partial charge on any atom is 0.308 e. The number of carbonyl (C=O) groups is 3. The zero-order chi connectivity index (χ0) is 30.4. The molecule has 2 aliphatic rings. The van der Waals surface area contributed by atoms with Crippen molar-refractivity contribution in [2.75, 3.05) is 17.3 Å². The van der Waals surface area contributed by atoms with Crippen molar-refractivity contribution >= 4 is 57.9 Å². The number of nitro groups is 1. The largest absolute Gasteiger partial charge is 0.496 e. The van der Waals surface area contributed by atoms with Gasteiger partial charge in [0.25, 0.3) is 5.69 Å². The highest BCUT2D eigenvalue weighted by atomic mass is 32.2. The van der Waals surface area contributed by atoms with Crippen LogP contribution in [0, 0.1) is 23.0 Å². The smallest absolute Gasteiger partial charge is 0.308 e. The number of aryl methyl sites for hydroxylation is 1. The molecule has 43 heavy (non-hydrogen) atoms. The number of nitro benzene ring substituents is 1. The first kappa shape index (κ1) is 28.4. The minimum Gasteiger partial charge on any atom is -0.496 e. The molecular weight excluding hydrogens is 592 g/mol. The third kappa shape index (κ3) is 4.89. The average molecular weight is 617 g/mol. The number of anilines is 2. The van der Waals surface area contributed by atoms with Crippen LogP contribution in [0.4, 0.5) is 17.1 Å². The third-order valence-electron chi connectivity index (χ3n) is 7.56. The van der Waals surface area contributed by atoms with E-state index in [-0.39, 0.29) is 22.8 Å². The Morgan fingerprint density at radius 1 is 1.00 bits per heavy atom. The van der Waals surface area contributed by atoms with Crippen LogP contribution in [-0.4, -0.2) is 39.6 Å². The van der Waals surface area contributed by atoms with Gasteiger partial charge in [0, 0.05) is 34.2 Å². The normalized spacial score (nSPS) is 19.1. The molecule has 2 aliphatic heterocycles. The van der Waals surface area contributed by atoms with Gasteiger partial charge >= 0.3 is 4.87 Å². The van der Waals surface area contributed by atoms with E-state index in [0.717, 1.165) is 33.6 Å². The molecule has 1 aromatic heterocycles. The third-order valence-corrected chi connectivity index (χ3v) is 10.2. The molecule has 1 fully saturated rings. The molecule has 0 spiro atoms. The molecule has 3 atom stereocenters. The lowest BCUT2D eigenvalue weighted by atomic mass is 9.82. The summed E-state index contributed by atoms with van der Waals surface area (Å²) in [6, 6.07) is 19.6. The summed E-state index contributed by atoms with van der Waals surface area (Å²) in [4.78, 5) is 66.2. The minimum atomic E-state index is -0.912. The summed E-state index contributed by atoms with van der Waals surface area (Å²) < 4.78 is 6.98. The van der Waals surface area contributed by atoms with E-state index in [0.29, 0.717) is 26.9 Å². The van der Waals surface area contributed by atoms with E-state index in [2.05, 4.69) is 5.32 Å². The number of fused-ring (bicyclic) bond motifs is 2. The lowest BCUT2D eigenvalue weighted by Gasteiger charge is -2.31. The van der Waals surface area contributed by atoms with Gasteiger partial charge in [0.15, 0.2) is 0 Å². The summed E-state index contributed by atoms with van der Waals surface area (Å²) in [6.45, 7) is 1.58. The molecule has 1 saturated heterocycles. The summed E-state index contributed by atoms with van der Waals surface area (Å²) in [5.41, 5.74) is 2.17. The predicted molar refractivity (Wildman–Crippen MR) is 162 cm³/mol. The minimum absolute atomic E-state index is 0.170. The van der Waals surface area contributed by atoms with Gasteiger partial charge in [-0.1, -0.05) is 59.5 Å². The van der Waals surface area contributed by atoms with Gasteiger partial charge in [0.2, 0.25) is 17.7 Å². The van der Waals surface area contributed by atoms with Crippen molar-refractivity contribution in [2.24, 2.45) is 5.92 Å².